The highest BCUT2D eigenvalue weighted by atomic mass is 16.3. The Hall–Kier alpha value is -1.71. The van der Waals surface area contributed by atoms with Crippen molar-refractivity contribution in [2.45, 2.75) is 63.4 Å². The highest BCUT2D eigenvalue weighted by Crippen LogP contribution is 2.40. The number of ketones is 1. The molecule has 166 valence electrons. The van der Waals surface area contributed by atoms with Gasteiger partial charge in [0.1, 0.15) is 0 Å². The molecule has 0 heterocycles. The standard InChI is InChI=1S/C25H37NO4/c27-20-10-18-26(19-11-21-28)17-9-3-8-16-24(29)25(30,22-12-4-1-5-13-22)23-14-6-2-7-15-23/h1,4-5,12-13,23,27-28,30H,2,6-8,10-11,14-21H2. The molecular weight excluding hydrogens is 378 g/mol. The van der Waals surface area contributed by atoms with E-state index in [2.05, 4.69) is 16.7 Å². The summed E-state index contributed by atoms with van der Waals surface area (Å²) in [6, 6.07) is 9.38. The molecule has 3 N–H and O–H groups in total. The summed E-state index contributed by atoms with van der Waals surface area (Å²) in [6.07, 6.45) is 7.07. The molecule has 30 heavy (non-hydrogen) atoms. The number of carbonyl (C=O) groups excluding carboxylic acids is 1. The molecule has 1 aromatic rings. The van der Waals surface area contributed by atoms with Crippen molar-refractivity contribution < 1.29 is 20.1 Å². The van der Waals surface area contributed by atoms with Crippen molar-refractivity contribution in [3.05, 3.63) is 35.9 Å². The zero-order valence-electron chi connectivity index (χ0n) is 18.1. The van der Waals surface area contributed by atoms with Gasteiger partial charge in [-0.2, -0.15) is 0 Å². The van der Waals surface area contributed by atoms with E-state index < -0.39 is 5.60 Å². The summed E-state index contributed by atoms with van der Waals surface area (Å²) in [5.74, 6) is 6.03. The van der Waals surface area contributed by atoms with Crippen molar-refractivity contribution in [2.75, 3.05) is 32.8 Å². The van der Waals surface area contributed by atoms with Crippen LogP contribution in [0.2, 0.25) is 0 Å². The average molecular weight is 416 g/mol. The summed E-state index contributed by atoms with van der Waals surface area (Å²) in [4.78, 5) is 15.3. The summed E-state index contributed by atoms with van der Waals surface area (Å²) in [6.45, 7) is 2.30. The topological polar surface area (TPSA) is 81.0 Å². The van der Waals surface area contributed by atoms with Crippen LogP contribution in [-0.2, 0) is 10.4 Å². The van der Waals surface area contributed by atoms with Crippen LogP contribution in [0.5, 0.6) is 0 Å². The van der Waals surface area contributed by atoms with Crippen molar-refractivity contribution >= 4 is 5.78 Å². The molecule has 0 bridgehead atoms. The van der Waals surface area contributed by atoms with Gasteiger partial charge in [0.15, 0.2) is 11.4 Å². The van der Waals surface area contributed by atoms with Gasteiger partial charge >= 0.3 is 0 Å². The Labute approximate surface area is 181 Å². The normalized spacial score (nSPS) is 16.7. The third kappa shape index (κ3) is 7.21. The SMILES string of the molecule is O=C(CCC#CCN(CCCO)CCCO)C(O)(c1ccccc1)C1CCCCC1. The monoisotopic (exact) mass is 415 g/mol. The molecule has 2 rings (SSSR count). The van der Waals surface area contributed by atoms with Crippen LogP contribution in [0.4, 0.5) is 0 Å². The minimum atomic E-state index is -1.42. The molecule has 1 unspecified atom stereocenters. The Bertz CT molecular complexity index is 667. The quantitative estimate of drug-likeness (QED) is 0.458. The van der Waals surface area contributed by atoms with Gasteiger partial charge in [0, 0.05) is 39.1 Å². The first kappa shape index (κ1) is 24.6. The Morgan fingerprint density at radius 1 is 1.00 bits per heavy atom. The number of carbonyl (C=O) groups is 1. The molecule has 1 atom stereocenters. The van der Waals surface area contributed by atoms with E-state index in [1.807, 2.05) is 30.3 Å². The number of nitrogens with zero attached hydrogens (tertiary/aromatic N) is 1. The highest BCUT2D eigenvalue weighted by Gasteiger charge is 2.44. The first-order valence-electron chi connectivity index (χ1n) is 11.3. The van der Waals surface area contributed by atoms with Crippen LogP contribution in [0.25, 0.3) is 0 Å². The van der Waals surface area contributed by atoms with E-state index in [0.717, 1.165) is 38.8 Å². The second-order valence-electron chi connectivity index (χ2n) is 8.17. The molecule has 0 spiro atoms. The van der Waals surface area contributed by atoms with E-state index >= 15 is 0 Å². The fourth-order valence-corrected chi connectivity index (χ4v) is 4.32. The first-order valence-corrected chi connectivity index (χ1v) is 11.3. The van der Waals surface area contributed by atoms with Crippen LogP contribution in [0.15, 0.2) is 30.3 Å². The number of Topliss-reactive ketones (excluding diaryl/α,β-unsaturated/α-hetero) is 1. The fourth-order valence-electron chi connectivity index (χ4n) is 4.32. The highest BCUT2D eigenvalue weighted by molar-refractivity contribution is 5.88. The summed E-state index contributed by atoms with van der Waals surface area (Å²) >= 11 is 0. The maximum atomic E-state index is 13.2. The Balaban J connectivity index is 1.97. The number of hydrogen-bond acceptors (Lipinski definition) is 5. The maximum absolute atomic E-state index is 13.2. The lowest BCUT2D eigenvalue weighted by Crippen LogP contribution is -2.44. The van der Waals surface area contributed by atoms with E-state index in [0.29, 0.717) is 31.4 Å². The van der Waals surface area contributed by atoms with Crippen LogP contribution >= 0.6 is 0 Å². The molecule has 0 radical (unpaired) electrons. The molecule has 5 nitrogen and oxygen atoms in total. The minimum Gasteiger partial charge on any atom is -0.396 e. The summed E-state index contributed by atoms with van der Waals surface area (Å²) in [7, 11) is 0. The molecule has 0 aromatic heterocycles. The Kier molecular flexibility index (Phi) is 11.1. The maximum Gasteiger partial charge on any atom is 0.170 e. The van der Waals surface area contributed by atoms with Crippen molar-refractivity contribution in [2.24, 2.45) is 5.92 Å². The van der Waals surface area contributed by atoms with Gasteiger partial charge in [-0.15, -0.1) is 5.92 Å². The van der Waals surface area contributed by atoms with Gasteiger partial charge in [-0.25, -0.2) is 0 Å². The van der Waals surface area contributed by atoms with Crippen LogP contribution in [-0.4, -0.2) is 58.9 Å². The van der Waals surface area contributed by atoms with E-state index in [1.54, 1.807) is 0 Å². The van der Waals surface area contributed by atoms with Crippen molar-refractivity contribution in [3.8, 4) is 11.8 Å². The zero-order valence-corrected chi connectivity index (χ0v) is 18.1. The third-order valence-electron chi connectivity index (χ3n) is 6.00. The average Bonchev–Trinajstić information content (AvgIpc) is 2.80. The summed E-state index contributed by atoms with van der Waals surface area (Å²) < 4.78 is 0. The summed E-state index contributed by atoms with van der Waals surface area (Å²) in [5, 5.41) is 29.6. The summed E-state index contributed by atoms with van der Waals surface area (Å²) in [5.41, 5.74) is -0.716. The number of rotatable bonds is 12. The van der Waals surface area contributed by atoms with E-state index in [9.17, 15) is 9.90 Å². The molecule has 1 aromatic carbocycles. The van der Waals surface area contributed by atoms with Crippen LogP contribution in [0.3, 0.4) is 0 Å². The van der Waals surface area contributed by atoms with Gasteiger partial charge in [0.05, 0.1) is 6.54 Å². The third-order valence-corrected chi connectivity index (χ3v) is 6.00. The van der Waals surface area contributed by atoms with E-state index in [1.165, 1.54) is 6.42 Å². The predicted molar refractivity (Wildman–Crippen MR) is 119 cm³/mol. The van der Waals surface area contributed by atoms with Gasteiger partial charge in [-0.3, -0.25) is 9.69 Å². The van der Waals surface area contributed by atoms with Gasteiger partial charge in [0.25, 0.3) is 0 Å². The fraction of sp³-hybridized carbons (Fsp3) is 0.640. The molecule has 0 amide bonds. The van der Waals surface area contributed by atoms with Gasteiger partial charge in [-0.05, 0) is 37.2 Å². The van der Waals surface area contributed by atoms with Crippen LogP contribution < -0.4 is 0 Å². The predicted octanol–water partition coefficient (Wildman–Crippen LogP) is 2.87. The number of hydrogen-bond donors (Lipinski definition) is 3. The van der Waals surface area contributed by atoms with Gasteiger partial charge in [-0.1, -0.05) is 55.5 Å². The molecule has 0 saturated heterocycles. The molecule has 5 heteroatoms. The largest absolute Gasteiger partial charge is 0.396 e. The van der Waals surface area contributed by atoms with Crippen LogP contribution in [0, 0.1) is 17.8 Å². The minimum absolute atomic E-state index is 0.0263. The van der Waals surface area contributed by atoms with Crippen molar-refractivity contribution in [1.82, 2.24) is 4.90 Å². The second-order valence-corrected chi connectivity index (χ2v) is 8.17. The lowest BCUT2D eigenvalue weighted by Gasteiger charge is -2.37. The molecule has 1 fully saturated rings. The molecule has 0 aliphatic heterocycles. The Morgan fingerprint density at radius 2 is 1.63 bits per heavy atom. The molecular formula is C25H37NO4. The van der Waals surface area contributed by atoms with E-state index in [4.69, 9.17) is 10.2 Å². The number of aliphatic hydroxyl groups excluding tert-OH is 2. The number of aliphatic hydroxyl groups is 3. The lowest BCUT2D eigenvalue weighted by molar-refractivity contribution is -0.146. The molecule has 1 aliphatic carbocycles. The smallest absolute Gasteiger partial charge is 0.170 e. The van der Waals surface area contributed by atoms with Gasteiger partial charge < -0.3 is 15.3 Å². The lowest BCUT2D eigenvalue weighted by atomic mass is 9.70. The zero-order chi connectivity index (χ0) is 21.7. The first-order chi connectivity index (χ1) is 14.6. The molecule has 1 saturated carbocycles. The van der Waals surface area contributed by atoms with Crippen LogP contribution in [0.1, 0.15) is 63.4 Å². The second kappa shape index (κ2) is 13.6. The number of benzene rings is 1. The van der Waals surface area contributed by atoms with Gasteiger partial charge in [0.2, 0.25) is 0 Å². The van der Waals surface area contributed by atoms with E-state index in [-0.39, 0.29) is 31.3 Å². The van der Waals surface area contributed by atoms with Crippen molar-refractivity contribution in [1.29, 1.82) is 0 Å². The Morgan fingerprint density at radius 3 is 2.23 bits per heavy atom. The molecule has 1 aliphatic rings. The van der Waals surface area contributed by atoms with Crippen molar-refractivity contribution in [3.63, 3.8) is 0 Å².